The summed E-state index contributed by atoms with van der Waals surface area (Å²) in [5.74, 6) is 0.282. The third kappa shape index (κ3) is 3.94. The number of carbonyl (C=O) groups is 1. The van der Waals surface area contributed by atoms with Gasteiger partial charge in [0.25, 0.3) is 0 Å². The summed E-state index contributed by atoms with van der Waals surface area (Å²) < 4.78 is 0.971. The van der Waals surface area contributed by atoms with Crippen molar-refractivity contribution in [3.8, 4) is 0 Å². The molecule has 1 fully saturated rings. The summed E-state index contributed by atoms with van der Waals surface area (Å²) in [4.78, 5) is 12.5. The van der Waals surface area contributed by atoms with Gasteiger partial charge in [-0.25, -0.2) is 0 Å². The first kappa shape index (κ1) is 18.0. The monoisotopic (exact) mass is 394 g/mol. The van der Waals surface area contributed by atoms with Gasteiger partial charge in [-0.1, -0.05) is 58.4 Å². The van der Waals surface area contributed by atoms with Gasteiger partial charge in [-0.15, -0.1) is 12.4 Å². The van der Waals surface area contributed by atoms with Crippen LogP contribution in [0.5, 0.6) is 0 Å². The molecule has 0 heterocycles. The number of rotatable bonds is 4. The van der Waals surface area contributed by atoms with Crippen molar-refractivity contribution in [2.75, 3.05) is 0 Å². The molecule has 0 radical (unpaired) electrons. The van der Waals surface area contributed by atoms with E-state index in [1.165, 1.54) is 5.56 Å². The third-order valence-corrected chi connectivity index (χ3v) is 4.78. The molecule has 1 amide bonds. The van der Waals surface area contributed by atoms with Gasteiger partial charge in [0, 0.05) is 16.4 Å². The molecule has 1 saturated carbocycles. The highest BCUT2D eigenvalue weighted by atomic mass is 79.9. The molecule has 2 aromatic carbocycles. The van der Waals surface area contributed by atoms with Crippen molar-refractivity contribution in [1.82, 2.24) is 5.32 Å². The largest absolute Gasteiger partial charge is 0.351 e. The zero-order valence-electron chi connectivity index (χ0n) is 12.8. The second-order valence-corrected chi connectivity index (χ2v) is 6.96. The molecular formula is C18H20BrClN2O. The van der Waals surface area contributed by atoms with Gasteiger partial charge in [0.2, 0.25) is 5.91 Å². The van der Waals surface area contributed by atoms with Gasteiger partial charge in [0.05, 0.1) is 0 Å². The fourth-order valence-electron chi connectivity index (χ4n) is 2.67. The summed E-state index contributed by atoms with van der Waals surface area (Å²) in [7, 11) is 0. The number of nitrogens with two attached hydrogens (primary N) is 1. The van der Waals surface area contributed by atoms with Gasteiger partial charge in [-0.2, -0.15) is 0 Å². The topological polar surface area (TPSA) is 55.1 Å². The van der Waals surface area contributed by atoms with E-state index < -0.39 is 5.54 Å². The summed E-state index contributed by atoms with van der Waals surface area (Å²) in [6.45, 7) is 1.76. The van der Waals surface area contributed by atoms with Crippen molar-refractivity contribution >= 4 is 34.2 Å². The van der Waals surface area contributed by atoms with Gasteiger partial charge < -0.3 is 11.1 Å². The zero-order chi connectivity index (χ0) is 15.7. The molecule has 2 aromatic rings. The Morgan fingerprint density at radius 1 is 1.17 bits per heavy atom. The Hall–Kier alpha value is -1.36. The van der Waals surface area contributed by atoms with E-state index in [4.69, 9.17) is 5.73 Å². The molecule has 3 N–H and O–H groups in total. The second kappa shape index (κ2) is 7.04. The Balaban J connectivity index is 0.00000192. The van der Waals surface area contributed by atoms with Crippen LogP contribution in [0.3, 0.4) is 0 Å². The van der Waals surface area contributed by atoms with E-state index in [0.29, 0.717) is 5.92 Å². The molecule has 1 aliphatic rings. The lowest BCUT2D eigenvalue weighted by atomic mass is 9.92. The van der Waals surface area contributed by atoms with Gasteiger partial charge in [0.15, 0.2) is 0 Å². The minimum Gasteiger partial charge on any atom is -0.351 e. The quantitative estimate of drug-likeness (QED) is 0.829. The van der Waals surface area contributed by atoms with E-state index in [-0.39, 0.29) is 24.4 Å². The maximum Gasteiger partial charge on any atom is 0.244 e. The van der Waals surface area contributed by atoms with Crippen LogP contribution in [0, 0.1) is 0 Å². The molecule has 3 rings (SSSR count). The fraction of sp³-hybridized carbons (Fsp3) is 0.278. The van der Waals surface area contributed by atoms with Crippen LogP contribution in [0.4, 0.5) is 0 Å². The minimum atomic E-state index is -1.02. The number of hydrogen-bond acceptors (Lipinski definition) is 2. The highest BCUT2D eigenvalue weighted by Gasteiger charge is 2.42. The molecule has 23 heavy (non-hydrogen) atoms. The Kier molecular flexibility index (Phi) is 5.50. The van der Waals surface area contributed by atoms with Crippen LogP contribution in [0.25, 0.3) is 0 Å². The summed E-state index contributed by atoms with van der Waals surface area (Å²) >= 11 is 3.39. The highest BCUT2D eigenvalue weighted by Crippen LogP contribution is 2.41. The lowest BCUT2D eigenvalue weighted by Gasteiger charge is -2.24. The van der Waals surface area contributed by atoms with Crippen molar-refractivity contribution in [3.63, 3.8) is 0 Å². The Morgan fingerprint density at radius 2 is 1.78 bits per heavy atom. The molecule has 5 heteroatoms. The maximum atomic E-state index is 12.5. The van der Waals surface area contributed by atoms with Gasteiger partial charge in [-0.05, 0) is 36.6 Å². The van der Waals surface area contributed by atoms with E-state index in [9.17, 15) is 4.79 Å². The highest BCUT2D eigenvalue weighted by molar-refractivity contribution is 9.10. The van der Waals surface area contributed by atoms with Gasteiger partial charge in [-0.3, -0.25) is 4.79 Å². The lowest BCUT2D eigenvalue weighted by molar-refractivity contribution is -0.126. The molecule has 122 valence electrons. The summed E-state index contributed by atoms with van der Waals surface area (Å²) in [6.07, 6.45) is 0.978. The SMILES string of the molecule is CC(N)(C(=O)NC1CC1c1ccccc1)c1ccc(Br)cc1.Cl. The molecule has 3 unspecified atom stereocenters. The van der Waals surface area contributed by atoms with Gasteiger partial charge >= 0.3 is 0 Å². The van der Waals surface area contributed by atoms with Crippen LogP contribution in [-0.2, 0) is 10.3 Å². The fourth-order valence-corrected chi connectivity index (χ4v) is 2.93. The van der Waals surface area contributed by atoms with Gasteiger partial charge in [0.1, 0.15) is 5.54 Å². The van der Waals surface area contributed by atoms with Crippen LogP contribution in [0.1, 0.15) is 30.4 Å². The molecule has 0 bridgehead atoms. The summed E-state index contributed by atoms with van der Waals surface area (Å²) in [5.41, 5.74) is 7.32. The van der Waals surface area contributed by atoms with Crippen LogP contribution >= 0.6 is 28.3 Å². The maximum absolute atomic E-state index is 12.5. The van der Waals surface area contributed by atoms with Crippen LogP contribution in [0.2, 0.25) is 0 Å². The second-order valence-electron chi connectivity index (χ2n) is 6.04. The first-order valence-electron chi connectivity index (χ1n) is 7.39. The van der Waals surface area contributed by atoms with Crippen LogP contribution in [0.15, 0.2) is 59.1 Å². The molecule has 0 saturated heterocycles. The van der Waals surface area contributed by atoms with Crippen molar-refractivity contribution in [1.29, 1.82) is 0 Å². The number of nitrogens with one attached hydrogen (secondary N) is 1. The standard InChI is InChI=1S/C18H19BrN2O.ClH/c1-18(20,13-7-9-14(19)10-8-13)17(22)21-16-11-15(16)12-5-3-2-4-6-12;/h2-10,15-16H,11,20H2,1H3,(H,21,22);1H. The number of amides is 1. The first-order chi connectivity index (χ1) is 10.5. The smallest absolute Gasteiger partial charge is 0.244 e. The van der Waals surface area contributed by atoms with E-state index in [1.807, 2.05) is 42.5 Å². The molecule has 3 atom stereocenters. The molecule has 1 aliphatic carbocycles. The van der Waals surface area contributed by atoms with Crippen molar-refractivity contribution in [2.45, 2.75) is 30.8 Å². The Labute approximate surface area is 151 Å². The lowest BCUT2D eigenvalue weighted by Crippen LogP contribution is -2.49. The Bertz CT molecular complexity index is 673. The van der Waals surface area contributed by atoms with E-state index in [2.05, 4.69) is 33.4 Å². The Morgan fingerprint density at radius 3 is 2.39 bits per heavy atom. The minimum absolute atomic E-state index is 0. The molecule has 0 spiro atoms. The number of benzene rings is 2. The molecule has 3 nitrogen and oxygen atoms in total. The van der Waals surface area contributed by atoms with E-state index in [0.717, 1.165) is 16.5 Å². The molecule has 0 aliphatic heterocycles. The van der Waals surface area contributed by atoms with Crippen molar-refractivity contribution in [2.24, 2.45) is 5.73 Å². The van der Waals surface area contributed by atoms with Crippen LogP contribution < -0.4 is 11.1 Å². The van der Waals surface area contributed by atoms with E-state index in [1.54, 1.807) is 6.92 Å². The third-order valence-electron chi connectivity index (χ3n) is 4.25. The van der Waals surface area contributed by atoms with E-state index >= 15 is 0 Å². The van der Waals surface area contributed by atoms with Crippen molar-refractivity contribution < 1.29 is 4.79 Å². The number of carbonyl (C=O) groups excluding carboxylic acids is 1. The molecule has 0 aromatic heterocycles. The van der Waals surface area contributed by atoms with Crippen molar-refractivity contribution in [3.05, 3.63) is 70.2 Å². The average molecular weight is 396 g/mol. The number of hydrogen-bond donors (Lipinski definition) is 2. The summed E-state index contributed by atoms with van der Waals surface area (Å²) in [5, 5.41) is 3.08. The predicted octanol–water partition coefficient (Wildman–Crippen LogP) is 3.72. The zero-order valence-corrected chi connectivity index (χ0v) is 15.2. The molecular weight excluding hydrogens is 376 g/mol. The summed E-state index contributed by atoms with van der Waals surface area (Å²) in [6, 6.07) is 18.0. The predicted molar refractivity (Wildman–Crippen MR) is 98.7 cm³/mol. The first-order valence-corrected chi connectivity index (χ1v) is 8.18. The normalized spacial score (nSPS) is 21.7. The number of halogens is 2. The van der Waals surface area contributed by atoms with Crippen LogP contribution in [-0.4, -0.2) is 11.9 Å². The average Bonchev–Trinajstić information content (AvgIpc) is 3.28.